The summed E-state index contributed by atoms with van der Waals surface area (Å²) in [6, 6.07) is 2.47. The van der Waals surface area contributed by atoms with Gasteiger partial charge in [-0.3, -0.25) is 0 Å². The molecule has 0 N–H and O–H groups in total. The van der Waals surface area contributed by atoms with Crippen LogP contribution in [0.1, 0.15) is 71.6 Å². The van der Waals surface area contributed by atoms with Crippen LogP contribution in [0, 0.1) is 16.7 Å². The molecule has 1 aliphatic heterocycles. The number of nitrogens with zero attached hydrogens (tertiary/aromatic N) is 2. The molecule has 0 unspecified atom stereocenters. The van der Waals surface area contributed by atoms with E-state index in [0.29, 0.717) is 0 Å². The minimum atomic E-state index is -0.0450. The van der Waals surface area contributed by atoms with Gasteiger partial charge in [-0.05, 0) is 45.8 Å². The molecule has 2 nitrogen and oxygen atoms in total. The topological polar surface area (TPSA) is 27.0 Å². The predicted octanol–water partition coefficient (Wildman–Crippen LogP) is 4.36. The first-order chi connectivity index (χ1) is 8.70. The van der Waals surface area contributed by atoms with Gasteiger partial charge in [-0.1, -0.05) is 45.4 Å². The third kappa shape index (κ3) is 5.87. The van der Waals surface area contributed by atoms with E-state index in [0.717, 1.165) is 25.9 Å². The summed E-state index contributed by atoms with van der Waals surface area (Å²) in [4.78, 5) is 2.55. The van der Waals surface area contributed by atoms with Crippen molar-refractivity contribution in [2.45, 2.75) is 71.6 Å². The molecule has 1 aliphatic rings. The Hall–Kier alpha value is -0.550. The number of hydrogen-bond acceptors (Lipinski definition) is 2. The molecule has 0 spiro atoms. The fourth-order valence-electron chi connectivity index (χ4n) is 2.67. The Morgan fingerprint density at radius 3 is 2.11 bits per heavy atom. The first-order valence-electron chi connectivity index (χ1n) is 7.84. The van der Waals surface area contributed by atoms with Crippen LogP contribution in [0.4, 0.5) is 0 Å². The van der Waals surface area contributed by atoms with Gasteiger partial charge in [-0.2, -0.15) is 5.26 Å². The van der Waals surface area contributed by atoms with Crippen LogP contribution in [0.15, 0.2) is 0 Å². The second kappa shape index (κ2) is 8.53. The Bertz CT molecular complexity index is 246. The lowest BCUT2D eigenvalue weighted by molar-refractivity contribution is 0.154. The standard InChI is InChI=1S/C16H30N2/c1-3-4-5-6-7-8-9-12-18-13-10-16(2,15-17)11-14-18/h3-14H2,1-2H3. The molecule has 0 saturated carbocycles. The van der Waals surface area contributed by atoms with Gasteiger partial charge in [0.2, 0.25) is 0 Å². The highest BCUT2D eigenvalue weighted by molar-refractivity contribution is 4.98. The largest absolute Gasteiger partial charge is 0.303 e. The summed E-state index contributed by atoms with van der Waals surface area (Å²) in [5.74, 6) is 0. The number of nitriles is 1. The highest BCUT2D eigenvalue weighted by Gasteiger charge is 2.29. The van der Waals surface area contributed by atoms with Crippen molar-refractivity contribution in [2.75, 3.05) is 19.6 Å². The molecular formula is C16H30N2. The summed E-state index contributed by atoms with van der Waals surface area (Å²) < 4.78 is 0. The molecule has 0 radical (unpaired) electrons. The zero-order valence-electron chi connectivity index (χ0n) is 12.4. The monoisotopic (exact) mass is 250 g/mol. The zero-order valence-corrected chi connectivity index (χ0v) is 12.4. The summed E-state index contributed by atoms with van der Waals surface area (Å²) in [6.45, 7) is 7.87. The van der Waals surface area contributed by atoms with Crippen LogP contribution in [-0.2, 0) is 0 Å². The van der Waals surface area contributed by atoms with E-state index >= 15 is 0 Å². The van der Waals surface area contributed by atoms with Crippen molar-refractivity contribution < 1.29 is 0 Å². The smallest absolute Gasteiger partial charge is 0.0687 e. The maximum absolute atomic E-state index is 9.08. The van der Waals surface area contributed by atoms with Crippen molar-refractivity contribution in [2.24, 2.45) is 5.41 Å². The van der Waals surface area contributed by atoms with Crippen molar-refractivity contribution in [1.29, 1.82) is 5.26 Å². The fraction of sp³-hybridized carbons (Fsp3) is 0.938. The molecule has 18 heavy (non-hydrogen) atoms. The van der Waals surface area contributed by atoms with Gasteiger partial charge in [0.15, 0.2) is 0 Å². The van der Waals surface area contributed by atoms with Crippen LogP contribution in [0.25, 0.3) is 0 Å². The molecule has 0 amide bonds. The number of likely N-dealkylation sites (tertiary alicyclic amines) is 1. The van der Waals surface area contributed by atoms with Crippen LogP contribution >= 0.6 is 0 Å². The third-order valence-corrected chi connectivity index (χ3v) is 4.31. The molecule has 0 bridgehead atoms. The minimum absolute atomic E-state index is 0.0450. The number of hydrogen-bond donors (Lipinski definition) is 0. The molecule has 1 saturated heterocycles. The van der Waals surface area contributed by atoms with Crippen molar-refractivity contribution in [3.63, 3.8) is 0 Å². The SMILES string of the molecule is CCCCCCCCCN1CCC(C)(C#N)CC1. The Morgan fingerprint density at radius 1 is 1.00 bits per heavy atom. The quantitative estimate of drug-likeness (QED) is 0.598. The highest BCUT2D eigenvalue weighted by atomic mass is 15.1. The fourth-order valence-corrected chi connectivity index (χ4v) is 2.67. The maximum atomic E-state index is 9.08. The van der Waals surface area contributed by atoms with Crippen LogP contribution < -0.4 is 0 Å². The molecule has 0 aliphatic carbocycles. The van der Waals surface area contributed by atoms with Gasteiger partial charge < -0.3 is 4.90 Å². The third-order valence-electron chi connectivity index (χ3n) is 4.31. The molecule has 1 heterocycles. The summed E-state index contributed by atoms with van der Waals surface area (Å²) in [7, 11) is 0. The first-order valence-corrected chi connectivity index (χ1v) is 7.84. The average molecular weight is 250 g/mol. The van der Waals surface area contributed by atoms with E-state index in [2.05, 4.69) is 24.8 Å². The Morgan fingerprint density at radius 2 is 1.56 bits per heavy atom. The molecule has 1 rings (SSSR count). The summed E-state index contributed by atoms with van der Waals surface area (Å²) in [5.41, 5.74) is -0.0450. The zero-order chi connectivity index (χ0) is 13.3. The van der Waals surface area contributed by atoms with Crippen LogP contribution in [-0.4, -0.2) is 24.5 Å². The summed E-state index contributed by atoms with van der Waals surface area (Å²) in [6.07, 6.45) is 11.8. The molecule has 0 atom stereocenters. The summed E-state index contributed by atoms with van der Waals surface area (Å²) >= 11 is 0. The van der Waals surface area contributed by atoms with E-state index in [1.165, 1.54) is 51.5 Å². The van der Waals surface area contributed by atoms with Gasteiger partial charge in [0, 0.05) is 0 Å². The van der Waals surface area contributed by atoms with E-state index in [1.807, 2.05) is 0 Å². The predicted molar refractivity (Wildman–Crippen MR) is 77.4 cm³/mol. The lowest BCUT2D eigenvalue weighted by atomic mass is 9.82. The summed E-state index contributed by atoms with van der Waals surface area (Å²) in [5, 5.41) is 9.08. The minimum Gasteiger partial charge on any atom is -0.303 e. The molecule has 104 valence electrons. The normalized spacial score (nSPS) is 19.6. The van der Waals surface area contributed by atoms with Crippen molar-refractivity contribution in [3.05, 3.63) is 0 Å². The van der Waals surface area contributed by atoms with Gasteiger partial charge in [0.1, 0.15) is 0 Å². The number of unbranched alkanes of at least 4 members (excludes halogenated alkanes) is 6. The average Bonchev–Trinajstić information content (AvgIpc) is 2.40. The van der Waals surface area contributed by atoms with Crippen molar-refractivity contribution >= 4 is 0 Å². The molecule has 2 heteroatoms. The Balaban J connectivity index is 1.97. The van der Waals surface area contributed by atoms with E-state index in [4.69, 9.17) is 5.26 Å². The molecule has 0 aromatic carbocycles. The maximum Gasteiger partial charge on any atom is 0.0687 e. The van der Waals surface area contributed by atoms with Gasteiger partial charge in [0.05, 0.1) is 11.5 Å². The highest BCUT2D eigenvalue weighted by Crippen LogP contribution is 2.29. The van der Waals surface area contributed by atoms with Crippen molar-refractivity contribution in [3.8, 4) is 6.07 Å². The van der Waals surface area contributed by atoms with Gasteiger partial charge in [-0.15, -0.1) is 0 Å². The lowest BCUT2D eigenvalue weighted by Gasteiger charge is -2.34. The van der Waals surface area contributed by atoms with Gasteiger partial charge in [0.25, 0.3) is 0 Å². The first kappa shape index (κ1) is 15.5. The van der Waals surface area contributed by atoms with E-state index < -0.39 is 0 Å². The molecular weight excluding hydrogens is 220 g/mol. The van der Waals surface area contributed by atoms with E-state index in [1.54, 1.807) is 0 Å². The Kier molecular flexibility index (Phi) is 7.35. The second-order valence-electron chi connectivity index (χ2n) is 6.14. The molecule has 0 aromatic heterocycles. The van der Waals surface area contributed by atoms with Gasteiger partial charge >= 0.3 is 0 Å². The molecule has 1 fully saturated rings. The van der Waals surface area contributed by atoms with Crippen LogP contribution in [0.3, 0.4) is 0 Å². The van der Waals surface area contributed by atoms with Gasteiger partial charge in [-0.25, -0.2) is 0 Å². The van der Waals surface area contributed by atoms with E-state index in [9.17, 15) is 0 Å². The molecule has 0 aromatic rings. The lowest BCUT2D eigenvalue weighted by Crippen LogP contribution is -2.38. The Labute approximate surface area is 113 Å². The van der Waals surface area contributed by atoms with Crippen LogP contribution in [0.5, 0.6) is 0 Å². The van der Waals surface area contributed by atoms with Crippen molar-refractivity contribution in [1.82, 2.24) is 4.90 Å². The second-order valence-corrected chi connectivity index (χ2v) is 6.14. The number of rotatable bonds is 8. The van der Waals surface area contributed by atoms with E-state index in [-0.39, 0.29) is 5.41 Å². The van der Waals surface area contributed by atoms with Crippen LogP contribution in [0.2, 0.25) is 0 Å². The number of piperidine rings is 1.